The van der Waals surface area contributed by atoms with Crippen LogP contribution in [0.2, 0.25) is 0 Å². The Morgan fingerprint density at radius 2 is 1.89 bits per heavy atom. The van der Waals surface area contributed by atoms with E-state index in [4.69, 9.17) is 5.73 Å². The molecule has 1 aromatic heterocycles. The van der Waals surface area contributed by atoms with E-state index in [1.54, 1.807) is 0 Å². The highest BCUT2D eigenvalue weighted by atomic mass is 15.0. The van der Waals surface area contributed by atoms with Crippen LogP contribution < -0.4 is 5.73 Å². The molecule has 3 nitrogen and oxygen atoms in total. The minimum atomic E-state index is -0.0105. The van der Waals surface area contributed by atoms with Crippen LogP contribution in [0.3, 0.4) is 0 Å². The quantitative estimate of drug-likeness (QED) is 0.858. The maximum Gasteiger partial charge on any atom is 0.123 e. The van der Waals surface area contributed by atoms with E-state index < -0.39 is 0 Å². The molecule has 1 atom stereocenters. The van der Waals surface area contributed by atoms with E-state index in [2.05, 4.69) is 55.0 Å². The molecule has 2 aromatic rings. The third-order valence-corrected chi connectivity index (χ3v) is 3.35. The molecule has 1 aromatic carbocycles. The first-order valence-corrected chi connectivity index (χ1v) is 7.00. The summed E-state index contributed by atoms with van der Waals surface area (Å²) >= 11 is 0. The molecule has 2 rings (SSSR count). The molecule has 0 spiro atoms. The Kier molecular flexibility index (Phi) is 4.38. The van der Waals surface area contributed by atoms with Gasteiger partial charge >= 0.3 is 0 Å². The van der Waals surface area contributed by atoms with Crippen molar-refractivity contribution >= 4 is 0 Å². The molecule has 0 fully saturated rings. The summed E-state index contributed by atoms with van der Waals surface area (Å²) in [6, 6.07) is 8.56. The lowest BCUT2D eigenvalue weighted by atomic mass is 10.0. The monoisotopic (exact) mass is 257 g/mol. The van der Waals surface area contributed by atoms with Gasteiger partial charge in [-0.05, 0) is 29.9 Å². The van der Waals surface area contributed by atoms with Crippen molar-refractivity contribution in [3.8, 4) is 11.3 Å². The minimum absolute atomic E-state index is 0.0105. The van der Waals surface area contributed by atoms with Gasteiger partial charge in [-0.25, -0.2) is 4.98 Å². The Hall–Kier alpha value is -1.61. The molecule has 0 radical (unpaired) electrons. The summed E-state index contributed by atoms with van der Waals surface area (Å²) in [6.45, 7) is 6.51. The number of aromatic nitrogens is 2. The number of imidazole rings is 1. The summed E-state index contributed by atoms with van der Waals surface area (Å²) in [4.78, 5) is 7.74. The standard InChI is InChI=1S/C16H23N3/c1-4-12-5-7-13(8-6-12)15-10-18-16(19-15)14(17)9-11(2)3/h5-8,10-11,14H,4,9,17H2,1-3H3,(H,18,19). The maximum atomic E-state index is 6.14. The van der Waals surface area contributed by atoms with Crippen molar-refractivity contribution in [1.29, 1.82) is 0 Å². The molecule has 0 aliphatic rings. The molecule has 1 heterocycles. The summed E-state index contributed by atoms with van der Waals surface area (Å²) in [5, 5.41) is 0. The van der Waals surface area contributed by atoms with Gasteiger partial charge in [-0.3, -0.25) is 0 Å². The number of nitrogens with one attached hydrogen (secondary N) is 1. The number of aromatic amines is 1. The number of aryl methyl sites for hydroxylation is 1. The van der Waals surface area contributed by atoms with Crippen LogP contribution >= 0.6 is 0 Å². The van der Waals surface area contributed by atoms with Gasteiger partial charge in [0, 0.05) is 0 Å². The van der Waals surface area contributed by atoms with Crippen molar-refractivity contribution in [2.45, 2.75) is 39.7 Å². The van der Waals surface area contributed by atoms with Gasteiger partial charge in [0.2, 0.25) is 0 Å². The molecular weight excluding hydrogens is 234 g/mol. The predicted molar refractivity (Wildman–Crippen MR) is 79.8 cm³/mol. The fraction of sp³-hybridized carbons (Fsp3) is 0.438. The minimum Gasteiger partial charge on any atom is -0.341 e. The van der Waals surface area contributed by atoms with Gasteiger partial charge in [0.15, 0.2) is 0 Å². The average molecular weight is 257 g/mol. The Labute approximate surface area is 115 Å². The van der Waals surface area contributed by atoms with Gasteiger partial charge in [0.1, 0.15) is 5.82 Å². The van der Waals surface area contributed by atoms with Crippen LogP contribution in [0.1, 0.15) is 44.6 Å². The summed E-state index contributed by atoms with van der Waals surface area (Å²) < 4.78 is 0. The lowest BCUT2D eigenvalue weighted by Gasteiger charge is -2.11. The van der Waals surface area contributed by atoms with Crippen molar-refractivity contribution in [1.82, 2.24) is 9.97 Å². The van der Waals surface area contributed by atoms with Gasteiger partial charge in [-0.2, -0.15) is 0 Å². The van der Waals surface area contributed by atoms with E-state index >= 15 is 0 Å². The largest absolute Gasteiger partial charge is 0.341 e. The lowest BCUT2D eigenvalue weighted by Crippen LogP contribution is -2.14. The summed E-state index contributed by atoms with van der Waals surface area (Å²) in [7, 11) is 0. The van der Waals surface area contributed by atoms with Crippen LogP contribution in [0.15, 0.2) is 30.5 Å². The van der Waals surface area contributed by atoms with Gasteiger partial charge < -0.3 is 10.7 Å². The third-order valence-electron chi connectivity index (χ3n) is 3.35. The van der Waals surface area contributed by atoms with Crippen LogP contribution in [0.4, 0.5) is 0 Å². The van der Waals surface area contributed by atoms with Gasteiger partial charge in [0.05, 0.1) is 17.9 Å². The zero-order valence-corrected chi connectivity index (χ0v) is 12.0. The van der Waals surface area contributed by atoms with Crippen LogP contribution in [0.25, 0.3) is 11.3 Å². The normalized spacial score (nSPS) is 12.9. The first-order chi connectivity index (χ1) is 9.10. The van der Waals surface area contributed by atoms with Crippen LogP contribution in [-0.2, 0) is 6.42 Å². The molecule has 0 amide bonds. The first kappa shape index (κ1) is 13.8. The van der Waals surface area contributed by atoms with E-state index in [0.717, 1.165) is 29.9 Å². The van der Waals surface area contributed by atoms with Crippen LogP contribution in [0.5, 0.6) is 0 Å². The number of benzene rings is 1. The Bertz CT molecular complexity index is 511. The Morgan fingerprint density at radius 1 is 1.21 bits per heavy atom. The molecule has 0 aliphatic heterocycles. The number of rotatable bonds is 5. The first-order valence-electron chi connectivity index (χ1n) is 7.00. The smallest absolute Gasteiger partial charge is 0.123 e. The molecule has 1 unspecified atom stereocenters. The van der Waals surface area contributed by atoms with Gasteiger partial charge in [-0.15, -0.1) is 0 Å². The van der Waals surface area contributed by atoms with E-state index in [-0.39, 0.29) is 6.04 Å². The molecule has 3 N–H and O–H groups in total. The van der Waals surface area contributed by atoms with E-state index in [1.165, 1.54) is 5.56 Å². The average Bonchev–Trinajstić information content (AvgIpc) is 2.88. The molecule has 0 saturated heterocycles. The SMILES string of the molecule is CCc1ccc(-c2cnc(C(N)CC(C)C)[nH]2)cc1. The van der Waals surface area contributed by atoms with Crippen molar-refractivity contribution < 1.29 is 0 Å². The second-order valence-electron chi connectivity index (χ2n) is 5.47. The molecule has 0 saturated carbocycles. The van der Waals surface area contributed by atoms with E-state index in [1.807, 2.05) is 6.20 Å². The van der Waals surface area contributed by atoms with E-state index in [9.17, 15) is 0 Å². The fourth-order valence-corrected chi connectivity index (χ4v) is 2.21. The zero-order valence-electron chi connectivity index (χ0n) is 12.0. The number of nitrogens with zero attached hydrogens (tertiary/aromatic N) is 1. The summed E-state index contributed by atoms with van der Waals surface area (Å²) in [6.07, 6.45) is 3.88. The van der Waals surface area contributed by atoms with Crippen LogP contribution in [-0.4, -0.2) is 9.97 Å². The maximum absolute atomic E-state index is 6.14. The second kappa shape index (κ2) is 6.02. The van der Waals surface area contributed by atoms with Gasteiger partial charge in [0.25, 0.3) is 0 Å². The fourth-order valence-electron chi connectivity index (χ4n) is 2.21. The highest BCUT2D eigenvalue weighted by Gasteiger charge is 2.12. The number of hydrogen-bond acceptors (Lipinski definition) is 2. The Morgan fingerprint density at radius 3 is 2.47 bits per heavy atom. The third kappa shape index (κ3) is 3.44. The van der Waals surface area contributed by atoms with Crippen LogP contribution in [0, 0.1) is 5.92 Å². The molecule has 0 aliphatic carbocycles. The molecule has 102 valence electrons. The van der Waals surface area contributed by atoms with Crippen molar-refractivity contribution in [2.24, 2.45) is 11.7 Å². The second-order valence-corrected chi connectivity index (χ2v) is 5.47. The highest BCUT2D eigenvalue weighted by Crippen LogP contribution is 2.21. The highest BCUT2D eigenvalue weighted by molar-refractivity contribution is 5.58. The summed E-state index contributed by atoms with van der Waals surface area (Å²) in [5.41, 5.74) is 9.69. The summed E-state index contributed by atoms with van der Waals surface area (Å²) in [5.74, 6) is 1.45. The van der Waals surface area contributed by atoms with Crippen molar-refractivity contribution in [2.75, 3.05) is 0 Å². The number of hydrogen-bond donors (Lipinski definition) is 2. The molecule has 0 bridgehead atoms. The topological polar surface area (TPSA) is 54.7 Å². The predicted octanol–water partition coefficient (Wildman–Crippen LogP) is 3.69. The molecule has 19 heavy (non-hydrogen) atoms. The van der Waals surface area contributed by atoms with E-state index in [0.29, 0.717) is 5.92 Å². The number of nitrogens with two attached hydrogens (primary N) is 1. The lowest BCUT2D eigenvalue weighted by molar-refractivity contribution is 0.496. The van der Waals surface area contributed by atoms with Crippen molar-refractivity contribution in [3.05, 3.63) is 41.9 Å². The van der Waals surface area contributed by atoms with Crippen molar-refractivity contribution in [3.63, 3.8) is 0 Å². The number of H-pyrrole nitrogens is 1. The molecular formula is C16H23N3. The Balaban J connectivity index is 2.15. The molecule has 3 heteroatoms. The van der Waals surface area contributed by atoms with Gasteiger partial charge in [-0.1, -0.05) is 45.0 Å². The zero-order chi connectivity index (χ0) is 13.8.